The highest BCUT2D eigenvalue weighted by Gasteiger charge is 2.04. The molecule has 0 spiro atoms. The summed E-state index contributed by atoms with van der Waals surface area (Å²) in [6, 6.07) is 13.8. The van der Waals surface area contributed by atoms with E-state index in [1.807, 2.05) is 42.5 Å². The summed E-state index contributed by atoms with van der Waals surface area (Å²) in [7, 11) is 0. The lowest BCUT2D eigenvalue weighted by molar-refractivity contribution is 0.107. The van der Waals surface area contributed by atoms with Gasteiger partial charge in [0.25, 0.3) is 0 Å². The average Bonchev–Trinajstić information content (AvgIpc) is 2.33. The highest BCUT2D eigenvalue weighted by molar-refractivity contribution is 9.10. The minimum atomic E-state index is 0.500. The molecule has 0 amide bonds. The molecule has 0 aromatic heterocycles. The van der Waals surface area contributed by atoms with Crippen LogP contribution in [-0.2, 0) is 18.0 Å². The Morgan fingerprint density at radius 2 is 1.78 bits per heavy atom. The molecule has 0 saturated heterocycles. The molecule has 2 aromatic carbocycles. The largest absolute Gasteiger partial charge is 0.398 e. The Hall–Kier alpha value is -0.840. The number of benzene rings is 2. The van der Waals surface area contributed by atoms with Crippen LogP contribution in [0.3, 0.4) is 0 Å². The maximum absolute atomic E-state index is 5.91. The van der Waals surface area contributed by atoms with Crippen molar-refractivity contribution in [1.82, 2.24) is 0 Å². The second-order valence-corrected chi connectivity index (χ2v) is 5.70. The van der Waals surface area contributed by atoms with Crippen LogP contribution in [0.25, 0.3) is 0 Å². The van der Waals surface area contributed by atoms with Crippen LogP contribution in [0, 0.1) is 0 Å². The van der Waals surface area contributed by atoms with Gasteiger partial charge in [0.2, 0.25) is 0 Å². The van der Waals surface area contributed by atoms with E-state index in [-0.39, 0.29) is 0 Å². The van der Waals surface area contributed by atoms with Crippen molar-refractivity contribution in [3.63, 3.8) is 0 Å². The molecule has 2 rings (SSSR count). The Balaban J connectivity index is 1.97. The minimum Gasteiger partial charge on any atom is -0.398 e. The lowest BCUT2D eigenvalue weighted by Crippen LogP contribution is -1.99. The molecular weight excluding hydrogens is 358 g/mol. The maximum Gasteiger partial charge on any atom is 0.0752 e. The van der Waals surface area contributed by atoms with Crippen LogP contribution in [0.4, 0.5) is 5.69 Å². The first-order chi connectivity index (χ1) is 8.66. The van der Waals surface area contributed by atoms with Crippen molar-refractivity contribution in [3.05, 3.63) is 62.5 Å². The number of nitrogen functional groups attached to an aromatic ring is 1. The van der Waals surface area contributed by atoms with Crippen molar-refractivity contribution in [1.29, 1.82) is 0 Å². The molecule has 4 heteroatoms. The number of hydrogen-bond acceptors (Lipinski definition) is 2. The predicted molar refractivity (Wildman–Crippen MR) is 81.2 cm³/mol. The minimum absolute atomic E-state index is 0.500. The lowest BCUT2D eigenvalue weighted by atomic mass is 10.2. The van der Waals surface area contributed by atoms with Gasteiger partial charge in [-0.2, -0.15) is 0 Å². The van der Waals surface area contributed by atoms with E-state index in [0.29, 0.717) is 13.2 Å². The van der Waals surface area contributed by atoms with Crippen LogP contribution in [-0.4, -0.2) is 0 Å². The van der Waals surface area contributed by atoms with Gasteiger partial charge in [-0.15, -0.1) is 0 Å². The fraction of sp³-hybridized carbons (Fsp3) is 0.143. The molecule has 2 aromatic rings. The normalized spacial score (nSPS) is 10.6. The molecule has 0 bridgehead atoms. The molecule has 2 N–H and O–H groups in total. The van der Waals surface area contributed by atoms with Gasteiger partial charge in [-0.3, -0.25) is 0 Å². The predicted octanol–water partition coefficient (Wildman–Crippen LogP) is 4.51. The molecule has 0 unspecified atom stereocenters. The number of hydrogen-bond donors (Lipinski definition) is 1. The van der Waals surface area contributed by atoms with Crippen LogP contribution >= 0.6 is 31.9 Å². The van der Waals surface area contributed by atoms with Gasteiger partial charge in [-0.1, -0.05) is 50.1 Å². The molecule has 0 aliphatic heterocycles. The van der Waals surface area contributed by atoms with Gasteiger partial charge < -0.3 is 10.5 Å². The maximum atomic E-state index is 5.91. The topological polar surface area (TPSA) is 35.2 Å². The first kappa shape index (κ1) is 13.6. The summed E-state index contributed by atoms with van der Waals surface area (Å²) in [5, 5.41) is 0. The number of rotatable bonds is 4. The summed E-state index contributed by atoms with van der Waals surface area (Å²) in [4.78, 5) is 0. The highest BCUT2D eigenvalue weighted by atomic mass is 79.9. The van der Waals surface area contributed by atoms with E-state index < -0.39 is 0 Å². The molecule has 0 atom stereocenters. The third-order valence-corrected chi connectivity index (χ3v) is 3.80. The van der Waals surface area contributed by atoms with Crippen LogP contribution in [0.15, 0.2) is 51.4 Å². The number of ether oxygens (including phenoxy) is 1. The number of nitrogens with two attached hydrogens (primary N) is 1. The third kappa shape index (κ3) is 3.57. The molecule has 0 saturated carbocycles. The summed E-state index contributed by atoms with van der Waals surface area (Å²) in [5.74, 6) is 0. The Morgan fingerprint density at radius 3 is 2.50 bits per heavy atom. The van der Waals surface area contributed by atoms with Gasteiger partial charge in [0.15, 0.2) is 0 Å². The Bertz CT molecular complexity index is 523. The zero-order chi connectivity index (χ0) is 13.0. The van der Waals surface area contributed by atoms with Crippen molar-refractivity contribution >= 4 is 37.5 Å². The van der Waals surface area contributed by atoms with E-state index in [4.69, 9.17) is 10.5 Å². The Morgan fingerprint density at radius 1 is 1.00 bits per heavy atom. The third-order valence-electron chi connectivity index (χ3n) is 2.56. The zero-order valence-corrected chi connectivity index (χ0v) is 12.9. The van der Waals surface area contributed by atoms with Crippen molar-refractivity contribution in [2.45, 2.75) is 13.2 Å². The zero-order valence-electron chi connectivity index (χ0n) is 9.70. The first-order valence-corrected chi connectivity index (χ1v) is 7.10. The summed E-state index contributed by atoms with van der Waals surface area (Å²) in [6.45, 7) is 1.07. The molecular formula is C14H13Br2NO. The van der Waals surface area contributed by atoms with Gasteiger partial charge in [0, 0.05) is 20.2 Å². The van der Waals surface area contributed by atoms with E-state index in [0.717, 1.165) is 25.8 Å². The SMILES string of the molecule is Nc1cccc(Br)c1COCc1cccc(Br)c1. The van der Waals surface area contributed by atoms with Gasteiger partial charge in [-0.05, 0) is 29.8 Å². The fourth-order valence-corrected chi connectivity index (χ4v) is 2.57. The molecule has 18 heavy (non-hydrogen) atoms. The molecule has 0 aliphatic carbocycles. The monoisotopic (exact) mass is 369 g/mol. The van der Waals surface area contributed by atoms with Crippen LogP contribution in [0.5, 0.6) is 0 Å². The van der Waals surface area contributed by atoms with Crippen LogP contribution in [0.1, 0.15) is 11.1 Å². The first-order valence-electron chi connectivity index (χ1n) is 5.52. The molecule has 0 aliphatic rings. The average molecular weight is 371 g/mol. The number of halogens is 2. The second kappa shape index (κ2) is 6.36. The molecule has 0 radical (unpaired) electrons. The van der Waals surface area contributed by atoms with E-state index in [2.05, 4.69) is 31.9 Å². The van der Waals surface area contributed by atoms with Gasteiger partial charge in [0.05, 0.1) is 13.2 Å². The quantitative estimate of drug-likeness (QED) is 0.803. The van der Waals surface area contributed by atoms with Crippen LogP contribution in [0.2, 0.25) is 0 Å². The van der Waals surface area contributed by atoms with Gasteiger partial charge in [-0.25, -0.2) is 0 Å². The lowest BCUT2D eigenvalue weighted by Gasteiger charge is -2.09. The summed E-state index contributed by atoms with van der Waals surface area (Å²) in [5.41, 5.74) is 8.78. The molecule has 2 nitrogen and oxygen atoms in total. The van der Waals surface area contributed by atoms with Gasteiger partial charge in [0.1, 0.15) is 0 Å². The van der Waals surface area contributed by atoms with E-state index in [9.17, 15) is 0 Å². The summed E-state index contributed by atoms with van der Waals surface area (Å²) >= 11 is 6.92. The van der Waals surface area contributed by atoms with E-state index in [1.165, 1.54) is 0 Å². The summed E-state index contributed by atoms with van der Waals surface area (Å²) in [6.07, 6.45) is 0. The highest BCUT2D eigenvalue weighted by Crippen LogP contribution is 2.23. The van der Waals surface area contributed by atoms with Crippen LogP contribution < -0.4 is 5.73 Å². The molecule has 0 heterocycles. The Kier molecular flexibility index (Phi) is 4.80. The fourth-order valence-electron chi connectivity index (χ4n) is 1.63. The smallest absolute Gasteiger partial charge is 0.0752 e. The van der Waals surface area contributed by atoms with Gasteiger partial charge >= 0.3 is 0 Å². The van der Waals surface area contributed by atoms with Crippen molar-refractivity contribution < 1.29 is 4.74 Å². The van der Waals surface area contributed by atoms with E-state index in [1.54, 1.807) is 0 Å². The summed E-state index contributed by atoms with van der Waals surface area (Å²) < 4.78 is 7.73. The second-order valence-electron chi connectivity index (χ2n) is 3.93. The van der Waals surface area contributed by atoms with E-state index >= 15 is 0 Å². The van der Waals surface area contributed by atoms with Crippen molar-refractivity contribution in [3.8, 4) is 0 Å². The molecule has 0 fully saturated rings. The molecule has 94 valence electrons. The number of anilines is 1. The van der Waals surface area contributed by atoms with Crippen molar-refractivity contribution in [2.24, 2.45) is 0 Å². The standard InChI is InChI=1S/C14H13Br2NO/c15-11-4-1-3-10(7-11)8-18-9-12-13(16)5-2-6-14(12)17/h1-7H,8-9,17H2. The Labute approximate surface area is 123 Å². The van der Waals surface area contributed by atoms with Crippen molar-refractivity contribution in [2.75, 3.05) is 5.73 Å².